The number of amides is 2. The number of nitrogens with one attached hydrogen (secondary N) is 2. The molecule has 1 atom stereocenters. The molecule has 2 aromatic rings. The molecule has 29 heavy (non-hydrogen) atoms. The standard InChI is InChI=1S/C24H32N2O3/c1-7-29-20-15-11-8-12-17(20)22(27)26-21(16(2)3)23(28)25-19-14-10-9-13-18(19)24(4,5)6/h8-16,21H,7H2,1-6H3,(H,25,28)(H,26,27)/t21-/m0/s1. The zero-order chi connectivity index (χ0) is 21.6. The van der Waals surface area contributed by atoms with Gasteiger partial charge in [0.25, 0.3) is 5.91 Å². The van der Waals surface area contributed by atoms with Gasteiger partial charge in [-0.05, 0) is 42.0 Å². The third kappa shape index (κ3) is 5.83. The highest BCUT2D eigenvalue weighted by molar-refractivity contribution is 6.02. The molecule has 2 aromatic carbocycles. The lowest BCUT2D eigenvalue weighted by Crippen LogP contribution is -2.47. The Balaban J connectivity index is 2.23. The number of carbonyl (C=O) groups is 2. The zero-order valence-electron chi connectivity index (χ0n) is 18.2. The second-order valence-corrected chi connectivity index (χ2v) is 8.41. The Morgan fingerprint density at radius 1 is 1.00 bits per heavy atom. The molecule has 0 radical (unpaired) electrons. The van der Waals surface area contributed by atoms with E-state index in [1.807, 2.05) is 51.1 Å². The van der Waals surface area contributed by atoms with Gasteiger partial charge in [-0.1, -0.05) is 65.0 Å². The van der Waals surface area contributed by atoms with Crippen molar-refractivity contribution in [3.05, 3.63) is 59.7 Å². The van der Waals surface area contributed by atoms with Crippen molar-refractivity contribution in [2.75, 3.05) is 11.9 Å². The van der Waals surface area contributed by atoms with Crippen LogP contribution in [0.3, 0.4) is 0 Å². The van der Waals surface area contributed by atoms with Crippen molar-refractivity contribution in [2.24, 2.45) is 5.92 Å². The van der Waals surface area contributed by atoms with Gasteiger partial charge in [-0.25, -0.2) is 0 Å². The monoisotopic (exact) mass is 396 g/mol. The van der Waals surface area contributed by atoms with Crippen molar-refractivity contribution in [1.82, 2.24) is 5.32 Å². The van der Waals surface area contributed by atoms with Crippen LogP contribution in [0.1, 0.15) is 57.5 Å². The summed E-state index contributed by atoms with van der Waals surface area (Å²) in [6.07, 6.45) is 0. The van der Waals surface area contributed by atoms with Crippen LogP contribution in [0.2, 0.25) is 0 Å². The molecule has 0 aliphatic heterocycles. The van der Waals surface area contributed by atoms with Gasteiger partial charge in [0.05, 0.1) is 12.2 Å². The van der Waals surface area contributed by atoms with E-state index in [4.69, 9.17) is 4.74 Å². The van der Waals surface area contributed by atoms with Crippen LogP contribution in [0.15, 0.2) is 48.5 Å². The average Bonchev–Trinajstić information content (AvgIpc) is 2.66. The normalized spacial score (nSPS) is 12.4. The SMILES string of the molecule is CCOc1ccccc1C(=O)N[C@H](C(=O)Nc1ccccc1C(C)(C)C)C(C)C. The van der Waals surface area contributed by atoms with Crippen molar-refractivity contribution in [2.45, 2.75) is 53.0 Å². The number of carbonyl (C=O) groups excluding carboxylic acids is 2. The lowest BCUT2D eigenvalue weighted by atomic mass is 9.85. The van der Waals surface area contributed by atoms with Crippen LogP contribution >= 0.6 is 0 Å². The summed E-state index contributed by atoms with van der Waals surface area (Å²) in [5, 5.41) is 5.89. The van der Waals surface area contributed by atoms with Crippen molar-refractivity contribution in [3.8, 4) is 5.75 Å². The summed E-state index contributed by atoms with van der Waals surface area (Å²) < 4.78 is 5.55. The molecule has 0 aromatic heterocycles. The fourth-order valence-corrected chi connectivity index (χ4v) is 3.15. The van der Waals surface area contributed by atoms with Crippen molar-refractivity contribution in [3.63, 3.8) is 0 Å². The molecular formula is C24H32N2O3. The second-order valence-electron chi connectivity index (χ2n) is 8.41. The summed E-state index contributed by atoms with van der Waals surface area (Å²) in [5.41, 5.74) is 2.11. The predicted octanol–water partition coefficient (Wildman–Crippen LogP) is 4.78. The first kappa shape index (κ1) is 22.5. The van der Waals surface area contributed by atoms with E-state index < -0.39 is 6.04 Å². The first-order valence-electron chi connectivity index (χ1n) is 10.1. The fourth-order valence-electron chi connectivity index (χ4n) is 3.15. The van der Waals surface area contributed by atoms with Gasteiger partial charge in [-0.3, -0.25) is 9.59 Å². The molecule has 2 N–H and O–H groups in total. The molecule has 0 fully saturated rings. The van der Waals surface area contributed by atoms with E-state index in [9.17, 15) is 9.59 Å². The van der Waals surface area contributed by atoms with E-state index in [2.05, 4.69) is 31.4 Å². The third-order valence-electron chi connectivity index (χ3n) is 4.66. The molecule has 0 saturated heterocycles. The smallest absolute Gasteiger partial charge is 0.255 e. The molecule has 5 nitrogen and oxygen atoms in total. The van der Waals surface area contributed by atoms with Gasteiger partial charge in [0.15, 0.2) is 0 Å². The van der Waals surface area contributed by atoms with E-state index in [0.717, 1.165) is 11.3 Å². The highest BCUT2D eigenvalue weighted by Gasteiger charge is 2.27. The third-order valence-corrected chi connectivity index (χ3v) is 4.66. The first-order valence-corrected chi connectivity index (χ1v) is 10.1. The predicted molar refractivity (Wildman–Crippen MR) is 117 cm³/mol. The van der Waals surface area contributed by atoms with Gasteiger partial charge in [0.1, 0.15) is 11.8 Å². The minimum absolute atomic E-state index is 0.0833. The maximum Gasteiger partial charge on any atom is 0.255 e. The van der Waals surface area contributed by atoms with Crippen molar-refractivity contribution < 1.29 is 14.3 Å². The van der Waals surface area contributed by atoms with Gasteiger partial charge in [-0.15, -0.1) is 0 Å². The Morgan fingerprint density at radius 2 is 1.62 bits per heavy atom. The van der Waals surface area contributed by atoms with Crippen molar-refractivity contribution in [1.29, 1.82) is 0 Å². The molecule has 0 heterocycles. The van der Waals surface area contributed by atoms with E-state index in [1.54, 1.807) is 18.2 Å². The fraction of sp³-hybridized carbons (Fsp3) is 0.417. The highest BCUT2D eigenvalue weighted by atomic mass is 16.5. The number of benzene rings is 2. The number of hydrogen-bond acceptors (Lipinski definition) is 3. The largest absolute Gasteiger partial charge is 0.493 e. The molecule has 0 saturated carbocycles. The summed E-state index contributed by atoms with van der Waals surface area (Å²) >= 11 is 0. The number of anilines is 1. The summed E-state index contributed by atoms with van der Waals surface area (Å²) in [5.74, 6) is -0.139. The van der Waals surface area contributed by atoms with Gasteiger partial charge in [-0.2, -0.15) is 0 Å². The summed E-state index contributed by atoms with van der Waals surface area (Å²) in [7, 11) is 0. The molecule has 2 amide bonds. The minimum atomic E-state index is -0.676. The Hall–Kier alpha value is -2.82. The zero-order valence-corrected chi connectivity index (χ0v) is 18.2. The topological polar surface area (TPSA) is 67.4 Å². The first-order chi connectivity index (χ1) is 13.6. The highest BCUT2D eigenvalue weighted by Crippen LogP contribution is 2.29. The maximum absolute atomic E-state index is 13.1. The van der Waals surface area contributed by atoms with E-state index >= 15 is 0 Å². The summed E-state index contributed by atoms with van der Waals surface area (Å²) in [4.78, 5) is 25.9. The van der Waals surface area contributed by atoms with Crippen LogP contribution in [-0.2, 0) is 10.2 Å². The number of ether oxygens (including phenoxy) is 1. The molecule has 0 aliphatic rings. The quantitative estimate of drug-likeness (QED) is 0.708. The van der Waals surface area contributed by atoms with Crippen molar-refractivity contribution >= 4 is 17.5 Å². The average molecular weight is 397 g/mol. The molecule has 0 aliphatic carbocycles. The summed E-state index contributed by atoms with van der Waals surface area (Å²) in [6, 6.07) is 14.1. The van der Waals surface area contributed by atoms with Crippen LogP contribution in [0.4, 0.5) is 5.69 Å². The molecule has 0 bridgehead atoms. The van der Waals surface area contributed by atoms with Gasteiger partial charge >= 0.3 is 0 Å². The Morgan fingerprint density at radius 3 is 2.24 bits per heavy atom. The molecule has 5 heteroatoms. The Labute approximate surface area is 173 Å². The maximum atomic E-state index is 13.1. The van der Waals surface area contributed by atoms with Crippen LogP contribution in [0.25, 0.3) is 0 Å². The van der Waals surface area contributed by atoms with Crippen LogP contribution in [0.5, 0.6) is 5.75 Å². The van der Waals surface area contributed by atoms with Crippen LogP contribution in [-0.4, -0.2) is 24.5 Å². The Bertz CT molecular complexity index is 853. The van der Waals surface area contributed by atoms with Gasteiger partial charge in [0.2, 0.25) is 5.91 Å². The van der Waals surface area contributed by atoms with E-state index in [1.165, 1.54) is 0 Å². The second kappa shape index (κ2) is 9.59. The molecular weight excluding hydrogens is 364 g/mol. The number of rotatable bonds is 7. The molecule has 156 valence electrons. The minimum Gasteiger partial charge on any atom is -0.493 e. The van der Waals surface area contributed by atoms with Crippen LogP contribution < -0.4 is 15.4 Å². The summed E-state index contributed by atoms with van der Waals surface area (Å²) in [6.45, 7) is 12.5. The van der Waals surface area contributed by atoms with Crippen LogP contribution in [0, 0.1) is 5.92 Å². The molecule has 2 rings (SSSR count). The Kier molecular flexibility index (Phi) is 7.43. The lowest BCUT2D eigenvalue weighted by molar-refractivity contribution is -0.118. The van der Waals surface area contributed by atoms with Gasteiger partial charge < -0.3 is 15.4 Å². The van der Waals surface area contributed by atoms with Gasteiger partial charge in [0, 0.05) is 5.69 Å². The lowest BCUT2D eigenvalue weighted by Gasteiger charge is -2.26. The van der Waals surface area contributed by atoms with E-state index in [0.29, 0.717) is 17.9 Å². The number of para-hydroxylation sites is 2. The molecule has 0 spiro atoms. The van der Waals surface area contributed by atoms with E-state index in [-0.39, 0.29) is 23.1 Å². The number of hydrogen-bond donors (Lipinski definition) is 2. The molecule has 0 unspecified atom stereocenters.